The molecule has 0 unspecified atom stereocenters. The fraction of sp³-hybridized carbons (Fsp3) is 0.500. The Morgan fingerprint density at radius 3 is 2.46 bits per heavy atom. The summed E-state index contributed by atoms with van der Waals surface area (Å²) >= 11 is 6.03. The predicted molar refractivity (Wildman–Crippen MR) is 92.0 cm³/mol. The topological polar surface area (TPSA) is 132 Å². The number of fused-ring (bicyclic) bond motifs is 1. The minimum atomic E-state index is -1.03. The first-order valence-corrected chi connectivity index (χ1v) is 8.62. The van der Waals surface area contributed by atoms with Gasteiger partial charge in [0.15, 0.2) is 29.2 Å². The van der Waals surface area contributed by atoms with E-state index in [-0.39, 0.29) is 11.8 Å². The minimum Gasteiger partial charge on any atom is -0.463 e. The van der Waals surface area contributed by atoms with E-state index < -0.39 is 42.4 Å². The van der Waals surface area contributed by atoms with E-state index in [1.165, 1.54) is 38.0 Å². The number of aromatic nitrogens is 4. The van der Waals surface area contributed by atoms with Gasteiger partial charge >= 0.3 is 17.9 Å². The van der Waals surface area contributed by atoms with Gasteiger partial charge in [0.2, 0.25) is 0 Å². The molecule has 2 aromatic heterocycles. The summed E-state index contributed by atoms with van der Waals surface area (Å²) in [6.45, 7) is 3.45. The summed E-state index contributed by atoms with van der Waals surface area (Å²) in [5.74, 6) is -1.76. The van der Waals surface area contributed by atoms with Gasteiger partial charge in [-0.15, -0.1) is 0 Å². The van der Waals surface area contributed by atoms with Crippen LogP contribution < -0.4 is 0 Å². The first-order chi connectivity index (χ1) is 13.3. The first-order valence-electron chi connectivity index (χ1n) is 8.24. The SMILES string of the molecule is CC(=O)OC[C@H]1O[C@@H](n2[14cH]nc3c(Cl)ncnc32)[C@H](OC(C)=O)[C@@H]1OC(C)=O. The Morgan fingerprint density at radius 2 is 1.82 bits per heavy atom. The number of halogens is 1. The molecule has 1 aliphatic rings. The summed E-state index contributed by atoms with van der Waals surface area (Å²) in [4.78, 5) is 46.6. The standard InChI is InChI=1S/C16H17ClN4O7/c1-7(22)25-4-10-12(26-8(2)23)13(27-9(3)24)16(28-10)21-6-20-11-14(17)18-5-19-15(11)21/h5-6,10,12-13,16H,4H2,1-3H3/t10-,12-,13-,16-/m1/s1/i6+2. The largest absolute Gasteiger partial charge is 0.463 e. The summed E-state index contributed by atoms with van der Waals surface area (Å²) in [5, 5.41) is 0.138. The smallest absolute Gasteiger partial charge is 0.303 e. The number of hydrogen-bond donors (Lipinski definition) is 0. The van der Waals surface area contributed by atoms with Gasteiger partial charge in [-0.25, -0.2) is 15.0 Å². The molecule has 1 aliphatic heterocycles. The quantitative estimate of drug-likeness (QED) is 0.393. The van der Waals surface area contributed by atoms with E-state index in [9.17, 15) is 14.4 Å². The maximum absolute atomic E-state index is 11.7. The lowest BCUT2D eigenvalue weighted by atomic mass is 10.1. The zero-order chi connectivity index (χ0) is 20.4. The average molecular weight is 415 g/mol. The van der Waals surface area contributed by atoms with Gasteiger partial charge in [0.05, 0.1) is 6.33 Å². The number of carbonyl (C=O) groups excluding carboxylic acids is 3. The van der Waals surface area contributed by atoms with Gasteiger partial charge in [0.25, 0.3) is 0 Å². The molecule has 4 atom stereocenters. The number of nitrogens with zero attached hydrogens (tertiary/aromatic N) is 4. The lowest BCUT2D eigenvalue weighted by Crippen LogP contribution is -2.40. The molecule has 11 nitrogen and oxygen atoms in total. The minimum absolute atomic E-state index is 0.138. The monoisotopic (exact) mass is 414 g/mol. The Balaban J connectivity index is 2.01. The second kappa shape index (κ2) is 8.07. The van der Waals surface area contributed by atoms with Crippen molar-refractivity contribution in [1.29, 1.82) is 0 Å². The molecule has 150 valence electrons. The van der Waals surface area contributed by atoms with Gasteiger partial charge in [-0.1, -0.05) is 11.6 Å². The van der Waals surface area contributed by atoms with E-state index in [0.29, 0.717) is 11.2 Å². The van der Waals surface area contributed by atoms with Crippen molar-refractivity contribution in [2.24, 2.45) is 0 Å². The molecular weight excluding hydrogens is 398 g/mol. The Hall–Kier alpha value is -2.79. The van der Waals surface area contributed by atoms with Crippen LogP contribution in [0.1, 0.15) is 27.0 Å². The summed E-state index contributed by atoms with van der Waals surface area (Å²) in [7, 11) is 0. The lowest BCUT2D eigenvalue weighted by molar-refractivity contribution is -0.166. The van der Waals surface area contributed by atoms with Crippen LogP contribution in [0.5, 0.6) is 0 Å². The molecule has 2 aromatic rings. The maximum atomic E-state index is 11.7. The van der Waals surface area contributed by atoms with Gasteiger partial charge < -0.3 is 18.9 Å². The highest BCUT2D eigenvalue weighted by Gasteiger charge is 2.51. The number of rotatable bonds is 5. The molecule has 1 fully saturated rings. The van der Waals surface area contributed by atoms with Crippen molar-refractivity contribution in [2.75, 3.05) is 6.61 Å². The maximum Gasteiger partial charge on any atom is 0.303 e. The highest BCUT2D eigenvalue weighted by atomic mass is 35.5. The van der Waals surface area contributed by atoms with E-state index in [1.54, 1.807) is 0 Å². The summed E-state index contributed by atoms with van der Waals surface area (Å²) in [5.41, 5.74) is 0.652. The number of imidazole rings is 1. The third-order valence-electron chi connectivity index (χ3n) is 3.93. The van der Waals surface area contributed by atoms with Gasteiger partial charge in [0.1, 0.15) is 24.6 Å². The number of esters is 3. The van der Waals surface area contributed by atoms with E-state index in [2.05, 4.69) is 15.0 Å². The fourth-order valence-electron chi connectivity index (χ4n) is 2.93. The fourth-order valence-corrected chi connectivity index (χ4v) is 3.10. The average Bonchev–Trinajstić information content (AvgIpc) is 3.16. The van der Waals surface area contributed by atoms with Crippen LogP contribution in [-0.2, 0) is 33.3 Å². The van der Waals surface area contributed by atoms with Crippen LogP contribution in [0.4, 0.5) is 0 Å². The summed E-state index contributed by atoms with van der Waals surface area (Å²) in [6, 6.07) is 0. The molecule has 0 N–H and O–H groups in total. The highest BCUT2D eigenvalue weighted by Crippen LogP contribution is 2.36. The molecule has 0 aliphatic carbocycles. The molecule has 3 rings (SSSR count). The molecule has 28 heavy (non-hydrogen) atoms. The molecular formula is C16H17ClN4O7. The van der Waals surface area contributed by atoms with Crippen molar-refractivity contribution in [2.45, 2.75) is 45.3 Å². The van der Waals surface area contributed by atoms with Crippen LogP contribution in [0.25, 0.3) is 11.2 Å². The predicted octanol–water partition coefficient (Wildman–Crippen LogP) is 0.804. The van der Waals surface area contributed by atoms with Gasteiger partial charge in [0, 0.05) is 20.8 Å². The van der Waals surface area contributed by atoms with Crippen LogP contribution in [0.15, 0.2) is 12.7 Å². The third-order valence-corrected chi connectivity index (χ3v) is 4.21. The van der Waals surface area contributed by atoms with Crippen molar-refractivity contribution >= 4 is 40.7 Å². The van der Waals surface area contributed by atoms with E-state index in [4.69, 9.17) is 30.5 Å². The lowest BCUT2D eigenvalue weighted by Gasteiger charge is -2.23. The van der Waals surface area contributed by atoms with Crippen LogP contribution in [-0.4, -0.2) is 62.3 Å². The van der Waals surface area contributed by atoms with Crippen LogP contribution in [0.2, 0.25) is 5.15 Å². The Labute approximate surface area is 163 Å². The van der Waals surface area contributed by atoms with Crippen LogP contribution in [0, 0.1) is 0 Å². The van der Waals surface area contributed by atoms with Crippen molar-refractivity contribution in [3.8, 4) is 0 Å². The number of hydrogen-bond acceptors (Lipinski definition) is 10. The summed E-state index contributed by atoms with van der Waals surface area (Å²) < 4.78 is 23.1. The molecule has 12 heteroatoms. The highest BCUT2D eigenvalue weighted by molar-refractivity contribution is 6.33. The zero-order valence-corrected chi connectivity index (χ0v) is 16.0. The molecule has 0 bridgehead atoms. The molecule has 0 radical (unpaired) electrons. The Morgan fingerprint density at radius 1 is 1.14 bits per heavy atom. The number of ether oxygens (including phenoxy) is 4. The zero-order valence-electron chi connectivity index (χ0n) is 15.2. The van der Waals surface area contributed by atoms with Gasteiger partial charge in [-0.3, -0.25) is 19.0 Å². The van der Waals surface area contributed by atoms with Gasteiger partial charge in [-0.2, -0.15) is 0 Å². The van der Waals surface area contributed by atoms with E-state index in [1.807, 2.05) is 0 Å². The van der Waals surface area contributed by atoms with Crippen LogP contribution in [0.3, 0.4) is 0 Å². The third kappa shape index (κ3) is 4.04. The van der Waals surface area contributed by atoms with E-state index in [0.717, 1.165) is 0 Å². The molecule has 0 spiro atoms. The molecule has 0 amide bonds. The van der Waals surface area contributed by atoms with E-state index >= 15 is 0 Å². The van der Waals surface area contributed by atoms with Crippen LogP contribution >= 0.6 is 11.6 Å². The van der Waals surface area contributed by atoms with Crippen molar-refractivity contribution < 1.29 is 33.3 Å². The molecule has 0 saturated carbocycles. The Kier molecular flexibility index (Phi) is 5.75. The van der Waals surface area contributed by atoms with Crippen molar-refractivity contribution in [1.82, 2.24) is 19.5 Å². The van der Waals surface area contributed by atoms with Crippen molar-refractivity contribution in [3.05, 3.63) is 17.8 Å². The van der Waals surface area contributed by atoms with Crippen molar-refractivity contribution in [3.63, 3.8) is 0 Å². The molecule has 0 aromatic carbocycles. The molecule has 1 saturated heterocycles. The van der Waals surface area contributed by atoms with Gasteiger partial charge in [-0.05, 0) is 0 Å². The normalized spacial score (nSPS) is 24.1. The molecule has 3 heterocycles. The number of carbonyl (C=O) groups is 3. The summed E-state index contributed by atoms with van der Waals surface area (Å²) in [6.07, 6.45) is -1.24. The Bertz CT molecular complexity index is 918. The second-order valence-electron chi connectivity index (χ2n) is 6.00. The first kappa shape index (κ1) is 20.0. The second-order valence-corrected chi connectivity index (χ2v) is 6.36.